The maximum atomic E-state index is 16.0. The third-order valence-corrected chi connectivity index (χ3v) is 7.26. The number of terminal acetylenes is 1. The standard InChI is InChI=1S/C21H19FN5O9P/c1-2-21(27-7-11(16(23)30)13-17(27)25-19(24)26-18(13)31)15(29)14(28)20(22,36-21)9-34-37(32)33-8-10-5-3-4-6-12(10)35-37/h1,3-7,14-15,28-29H,8-9H2,(H2,23,30)(H3,24,25,26,31)/t14-,15+,20+,21+,37?/m0/s1. The quantitative estimate of drug-likeness (QED) is 0.214. The molecule has 0 radical (unpaired) electrons. The van der Waals surface area contributed by atoms with Gasteiger partial charge >= 0.3 is 7.82 Å². The van der Waals surface area contributed by atoms with Crippen LogP contribution in [0.25, 0.3) is 11.0 Å². The van der Waals surface area contributed by atoms with Crippen molar-refractivity contribution in [1.82, 2.24) is 14.5 Å². The molecule has 1 saturated heterocycles. The zero-order valence-electron chi connectivity index (χ0n) is 18.7. The van der Waals surface area contributed by atoms with Crippen molar-refractivity contribution in [2.75, 3.05) is 12.3 Å². The number of nitrogen functional groups attached to an aromatic ring is 1. The van der Waals surface area contributed by atoms with Crippen molar-refractivity contribution < 1.29 is 42.3 Å². The van der Waals surface area contributed by atoms with Gasteiger partial charge in [0.05, 0.1) is 17.6 Å². The van der Waals surface area contributed by atoms with Crippen LogP contribution in [0.4, 0.5) is 10.3 Å². The van der Waals surface area contributed by atoms with Crippen molar-refractivity contribution in [3.05, 3.63) is 51.9 Å². The number of phosphoric acid groups is 1. The molecule has 7 N–H and O–H groups in total. The van der Waals surface area contributed by atoms with Crippen molar-refractivity contribution in [1.29, 1.82) is 0 Å². The fourth-order valence-corrected chi connectivity index (χ4v) is 5.38. The van der Waals surface area contributed by atoms with Crippen LogP contribution in [-0.2, 0) is 30.7 Å². The van der Waals surface area contributed by atoms with Crippen LogP contribution < -0.4 is 21.6 Å². The maximum absolute atomic E-state index is 16.0. The summed E-state index contributed by atoms with van der Waals surface area (Å²) in [6, 6.07) is 6.47. The van der Waals surface area contributed by atoms with Gasteiger partial charge in [0.2, 0.25) is 11.7 Å². The van der Waals surface area contributed by atoms with Gasteiger partial charge in [0.1, 0.15) is 24.6 Å². The fourth-order valence-electron chi connectivity index (χ4n) is 4.15. The Morgan fingerprint density at radius 2 is 2.14 bits per heavy atom. The van der Waals surface area contributed by atoms with Gasteiger partial charge < -0.3 is 30.9 Å². The van der Waals surface area contributed by atoms with Gasteiger partial charge in [-0.3, -0.25) is 28.2 Å². The molecule has 5 atom stereocenters. The number of aromatic nitrogens is 3. The molecule has 194 valence electrons. The van der Waals surface area contributed by atoms with Crippen LogP contribution >= 0.6 is 7.82 Å². The normalized spacial score (nSPS) is 31.0. The molecule has 5 rings (SSSR count). The highest BCUT2D eigenvalue weighted by molar-refractivity contribution is 7.49. The maximum Gasteiger partial charge on any atom is 0.530 e. The van der Waals surface area contributed by atoms with E-state index in [0.29, 0.717) is 5.56 Å². The van der Waals surface area contributed by atoms with Crippen LogP contribution in [-0.4, -0.2) is 55.3 Å². The minimum atomic E-state index is -4.38. The Morgan fingerprint density at radius 3 is 2.84 bits per heavy atom. The third-order valence-electron chi connectivity index (χ3n) is 5.95. The van der Waals surface area contributed by atoms with E-state index in [1.165, 1.54) is 6.07 Å². The molecule has 14 nitrogen and oxygen atoms in total. The number of anilines is 1. The number of H-pyrrole nitrogens is 1. The van der Waals surface area contributed by atoms with Gasteiger partial charge in [0.25, 0.3) is 17.3 Å². The summed E-state index contributed by atoms with van der Waals surface area (Å²) in [5, 5.41) is 21.1. The first kappa shape index (κ1) is 24.9. The molecule has 16 heteroatoms. The second-order valence-corrected chi connectivity index (χ2v) is 9.83. The molecule has 0 saturated carbocycles. The molecule has 1 unspecified atom stereocenters. The number of nitrogens with one attached hydrogen (secondary N) is 1. The van der Waals surface area contributed by atoms with E-state index in [1.807, 2.05) is 5.92 Å². The molecule has 1 fully saturated rings. The highest BCUT2D eigenvalue weighted by atomic mass is 31.2. The summed E-state index contributed by atoms with van der Waals surface area (Å²) in [5.41, 5.74) is 7.26. The zero-order chi connectivity index (χ0) is 26.8. The Bertz CT molecular complexity index is 1580. The van der Waals surface area contributed by atoms with Gasteiger partial charge in [0.15, 0.2) is 5.65 Å². The van der Waals surface area contributed by atoms with E-state index < -0.39 is 66.8 Å². The zero-order valence-corrected chi connectivity index (χ0v) is 19.6. The van der Waals surface area contributed by atoms with E-state index in [-0.39, 0.29) is 17.7 Å². The number of nitrogens with two attached hydrogens (primary N) is 2. The van der Waals surface area contributed by atoms with Crippen LogP contribution in [0.15, 0.2) is 35.3 Å². The first-order chi connectivity index (χ1) is 17.4. The molecule has 0 bridgehead atoms. The van der Waals surface area contributed by atoms with Gasteiger partial charge in [-0.25, -0.2) is 8.96 Å². The van der Waals surface area contributed by atoms with Gasteiger partial charge in [-0.1, -0.05) is 18.2 Å². The number of para-hydroxylation sites is 1. The van der Waals surface area contributed by atoms with Crippen molar-refractivity contribution in [3.8, 4) is 18.1 Å². The Kier molecular flexibility index (Phi) is 5.64. The lowest BCUT2D eigenvalue weighted by molar-refractivity contribution is -0.223. The highest BCUT2D eigenvalue weighted by Gasteiger charge is 2.65. The molecule has 37 heavy (non-hydrogen) atoms. The molecule has 1 aromatic carbocycles. The topological polar surface area (TPSA) is 214 Å². The van der Waals surface area contributed by atoms with E-state index in [4.69, 9.17) is 36.2 Å². The van der Waals surface area contributed by atoms with Crippen LogP contribution in [0.2, 0.25) is 0 Å². The number of hydrogen-bond acceptors (Lipinski definition) is 11. The van der Waals surface area contributed by atoms with E-state index in [2.05, 4.69) is 9.97 Å². The number of fused-ring (bicyclic) bond motifs is 2. The molecule has 4 heterocycles. The molecule has 2 aliphatic heterocycles. The molecule has 3 aromatic rings. The molecule has 0 aliphatic carbocycles. The monoisotopic (exact) mass is 535 g/mol. The minimum Gasteiger partial charge on any atom is -0.404 e. The first-order valence-electron chi connectivity index (χ1n) is 10.5. The van der Waals surface area contributed by atoms with Crippen LogP contribution in [0.5, 0.6) is 5.75 Å². The van der Waals surface area contributed by atoms with Crippen molar-refractivity contribution in [2.24, 2.45) is 5.73 Å². The van der Waals surface area contributed by atoms with E-state index >= 15 is 4.39 Å². The fraction of sp³-hybridized carbons (Fsp3) is 0.286. The Hall–Kier alpha value is -3.77. The number of nitrogens with zero attached hydrogens (tertiary/aromatic N) is 2. The Morgan fingerprint density at radius 1 is 1.41 bits per heavy atom. The van der Waals surface area contributed by atoms with E-state index in [1.54, 1.807) is 18.2 Å². The molecule has 2 aromatic heterocycles. The van der Waals surface area contributed by atoms with Crippen molar-refractivity contribution >= 4 is 30.7 Å². The lowest BCUT2D eigenvalue weighted by atomic mass is 10.0. The summed E-state index contributed by atoms with van der Waals surface area (Å²) in [4.78, 5) is 30.5. The number of benzene rings is 1. The summed E-state index contributed by atoms with van der Waals surface area (Å²) >= 11 is 0. The molecular formula is C21H19FN5O9P. The number of primary amides is 1. The molecule has 2 aliphatic rings. The summed E-state index contributed by atoms with van der Waals surface area (Å²) in [7, 11) is -4.38. The SMILES string of the molecule is C#C[C@@]1(n2cc(C(N)=O)c3c(=O)[nH]c(N)nc32)O[C@](F)(COP2(=O)OCc3ccccc3O2)[C@@H](O)[C@H]1O. The number of carbonyl (C=O) groups is 1. The lowest BCUT2D eigenvalue weighted by Gasteiger charge is -2.30. The Balaban J connectivity index is 1.51. The largest absolute Gasteiger partial charge is 0.530 e. The van der Waals surface area contributed by atoms with Gasteiger partial charge in [-0.15, -0.1) is 6.42 Å². The highest BCUT2D eigenvalue weighted by Crippen LogP contribution is 2.56. The minimum absolute atomic E-state index is 0.167. The predicted octanol–water partition coefficient (Wildman–Crippen LogP) is -0.157. The second kappa shape index (κ2) is 8.38. The van der Waals surface area contributed by atoms with Crippen LogP contribution in [0.1, 0.15) is 15.9 Å². The number of aliphatic hydroxyl groups is 2. The van der Waals surface area contributed by atoms with Crippen LogP contribution in [0.3, 0.4) is 0 Å². The number of amides is 1. The van der Waals surface area contributed by atoms with E-state index in [0.717, 1.165) is 10.8 Å². The van der Waals surface area contributed by atoms with Crippen LogP contribution in [0, 0.1) is 12.3 Å². The van der Waals surface area contributed by atoms with Gasteiger partial charge in [-0.2, -0.15) is 4.98 Å². The summed E-state index contributed by atoms with van der Waals surface area (Å²) in [5.74, 6) is -2.57. The van der Waals surface area contributed by atoms with E-state index in [9.17, 15) is 24.4 Å². The Labute approximate surface area is 206 Å². The smallest absolute Gasteiger partial charge is 0.404 e. The average molecular weight is 535 g/mol. The summed E-state index contributed by atoms with van der Waals surface area (Å²) in [6.45, 7) is -1.44. The van der Waals surface area contributed by atoms with Crippen molar-refractivity contribution in [3.63, 3.8) is 0 Å². The number of alkyl halides is 1. The number of hydrogen-bond donors (Lipinski definition) is 5. The van der Waals surface area contributed by atoms with Gasteiger partial charge in [0, 0.05) is 11.8 Å². The number of rotatable bonds is 5. The first-order valence-corrected chi connectivity index (χ1v) is 12.0. The summed E-state index contributed by atoms with van der Waals surface area (Å²) < 4.78 is 50.4. The second-order valence-electron chi connectivity index (χ2n) is 8.24. The number of ether oxygens (including phenoxy) is 1. The van der Waals surface area contributed by atoms with Crippen molar-refractivity contribution in [2.45, 2.75) is 30.4 Å². The molecule has 0 spiro atoms. The molecular weight excluding hydrogens is 516 g/mol. The lowest BCUT2D eigenvalue weighted by Crippen LogP contribution is -2.45. The predicted molar refractivity (Wildman–Crippen MR) is 122 cm³/mol. The number of aromatic amines is 1. The number of phosphoric ester groups is 1. The number of carbonyl (C=O) groups excluding carboxylic acids is 1. The number of aliphatic hydroxyl groups excluding tert-OH is 2. The van der Waals surface area contributed by atoms with Gasteiger partial charge in [-0.05, 0) is 12.0 Å². The number of halogens is 1. The molecule has 1 amide bonds. The summed E-state index contributed by atoms with van der Waals surface area (Å²) in [6.07, 6.45) is 1.90. The average Bonchev–Trinajstić information content (AvgIpc) is 3.34. The third kappa shape index (κ3) is 3.78.